The highest BCUT2D eigenvalue weighted by Crippen LogP contribution is 2.46. The number of carbonyl (C=O) groups is 1. The first-order valence-corrected chi connectivity index (χ1v) is 7.12. The lowest BCUT2D eigenvalue weighted by Crippen LogP contribution is -2.32. The van der Waals surface area contributed by atoms with Crippen molar-refractivity contribution in [3.8, 4) is 0 Å². The normalized spacial score (nSPS) is 16.8. The van der Waals surface area contributed by atoms with Crippen LogP contribution in [0.1, 0.15) is 30.3 Å². The standard InChI is InChI=1S/C12H19N3OS/c1-3-15-7-9(13)6-10(15)11(16)14-8-12(17-2)4-5-12/h6-7H,3-5,8,13H2,1-2H3,(H,14,16). The Morgan fingerprint density at radius 1 is 1.65 bits per heavy atom. The van der Waals surface area contributed by atoms with E-state index in [1.165, 1.54) is 12.8 Å². The topological polar surface area (TPSA) is 60.0 Å². The number of hydrogen-bond donors (Lipinski definition) is 2. The number of nitrogens with zero attached hydrogens (tertiary/aromatic N) is 1. The van der Waals surface area contributed by atoms with Gasteiger partial charge in [-0.25, -0.2) is 0 Å². The second-order valence-electron chi connectivity index (χ2n) is 4.51. The molecular weight excluding hydrogens is 234 g/mol. The molecule has 1 aromatic heterocycles. The van der Waals surface area contributed by atoms with Gasteiger partial charge in [0.05, 0.1) is 5.69 Å². The Morgan fingerprint density at radius 3 is 2.88 bits per heavy atom. The second kappa shape index (κ2) is 4.64. The lowest BCUT2D eigenvalue weighted by Gasteiger charge is -2.13. The van der Waals surface area contributed by atoms with Crippen LogP contribution in [0, 0.1) is 0 Å². The largest absolute Gasteiger partial charge is 0.397 e. The number of anilines is 1. The van der Waals surface area contributed by atoms with E-state index in [0.29, 0.717) is 16.1 Å². The molecule has 0 aromatic carbocycles. The van der Waals surface area contributed by atoms with Gasteiger partial charge in [0.2, 0.25) is 0 Å². The molecule has 1 aromatic rings. The van der Waals surface area contributed by atoms with Crippen LogP contribution in [0.5, 0.6) is 0 Å². The van der Waals surface area contributed by atoms with Crippen molar-refractivity contribution in [2.45, 2.75) is 31.1 Å². The van der Waals surface area contributed by atoms with Crippen LogP contribution in [0.15, 0.2) is 12.3 Å². The Kier molecular flexibility index (Phi) is 3.38. The summed E-state index contributed by atoms with van der Waals surface area (Å²) >= 11 is 1.84. The van der Waals surface area contributed by atoms with Gasteiger partial charge in [-0.2, -0.15) is 11.8 Å². The molecule has 0 unspecified atom stereocenters. The van der Waals surface area contributed by atoms with E-state index in [1.807, 2.05) is 23.3 Å². The van der Waals surface area contributed by atoms with Crippen LogP contribution < -0.4 is 11.1 Å². The van der Waals surface area contributed by atoms with Crippen molar-refractivity contribution < 1.29 is 4.79 Å². The molecule has 94 valence electrons. The minimum atomic E-state index is -0.0242. The first-order chi connectivity index (χ1) is 8.10. The number of nitrogen functional groups attached to an aromatic ring is 1. The van der Waals surface area contributed by atoms with Gasteiger partial charge in [0, 0.05) is 24.0 Å². The van der Waals surface area contributed by atoms with E-state index in [9.17, 15) is 4.79 Å². The Morgan fingerprint density at radius 2 is 2.35 bits per heavy atom. The number of nitrogens with one attached hydrogen (secondary N) is 1. The van der Waals surface area contributed by atoms with Crippen molar-refractivity contribution >= 4 is 23.4 Å². The lowest BCUT2D eigenvalue weighted by molar-refractivity contribution is 0.0944. The highest BCUT2D eigenvalue weighted by Gasteiger charge is 2.42. The van der Waals surface area contributed by atoms with Gasteiger partial charge in [-0.1, -0.05) is 0 Å². The van der Waals surface area contributed by atoms with Crippen LogP contribution in [0.25, 0.3) is 0 Å². The minimum Gasteiger partial charge on any atom is -0.397 e. The smallest absolute Gasteiger partial charge is 0.268 e. The van der Waals surface area contributed by atoms with Crippen LogP contribution in [0.3, 0.4) is 0 Å². The molecule has 0 saturated heterocycles. The predicted octanol–water partition coefficient (Wildman–Crippen LogP) is 1.72. The summed E-state index contributed by atoms with van der Waals surface area (Å²) in [7, 11) is 0. The minimum absolute atomic E-state index is 0.0242. The van der Waals surface area contributed by atoms with Crippen LogP contribution in [0.4, 0.5) is 5.69 Å². The molecular formula is C12H19N3OS. The van der Waals surface area contributed by atoms with Crippen molar-refractivity contribution in [1.29, 1.82) is 0 Å². The zero-order valence-electron chi connectivity index (χ0n) is 10.3. The first-order valence-electron chi connectivity index (χ1n) is 5.89. The molecule has 1 amide bonds. The quantitative estimate of drug-likeness (QED) is 0.840. The molecule has 1 aliphatic carbocycles. The molecule has 1 aliphatic rings. The van der Waals surface area contributed by atoms with Crippen molar-refractivity contribution in [3.63, 3.8) is 0 Å². The van der Waals surface area contributed by atoms with E-state index in [4.69, 9.17) is 5.73 Å². The van der Waals surface area contributed by atoms with E-state index in [-0.39, 0.29) is 5.91 Å². The summed E-state index contributed by atoms with van der Waals surface area (Å²) in [6, 6.07) is 1.73. The molecule has 17 heavy (non-hydrogen) atoms. The molecule has 1 fully saturated rings. The Bertz CT molecular complexity index is 423. The van der Waals surface area contributed by atoms with Crippen LogP contribution in [0.2, 0.25) is 0 Å². The van der Waals surface area contributed by atoms with Crippen molar-refractivity contribution in [2.24, 2.45) is 0 Å². The molecule has 0 atom stereocenters. The summed E-state index contributed by atoms with van der Waals surface area (Å²) in [5, 5.41) is 3.00. The number of aromatic nitrogens is 1. The predicted molar refractivity (Wildman–Crippen MR) is 72.3 cm³/mol. The Labute approximate surface area is 106 Å². The number of amides is 1. The summed E-state index contributed by atoms with van der Waals surface area (Å²) in [5.74, 6) is -0.0242. The molecule has 0 aliphatic heterocycles. The van der Waals surface area contributed by atoms with E-state index in [2.05, 4.69) is 11.6 Å². The Balaban J connectivity index is 1.99. The van der Waals surface area contributed by atoms with Gasteiger partial charge in [0.25, 0.3) is 5.91 Å². The van der Waals surface area contributed by atoms with Crippen LogP contribution >= 0.6 is 11.8 Å². The number of thioether (sulfide) groups is 1. The number of rotatable bonds is 5. The van der Waals surface area contributed by atoms with Crippen molar-refractivity contribution in [2.75, 3.05) is 18.5 Å². The molecule has 4 nitrogen and oxygen atoms in total. The summed E-state index contributed by atoms with van der Waals surface area (Å²) in [5.41, 5.74) is 7.00. The molecule has 3 N–H and O–H groups in total. The maximum Gasteiger partial charge on any atom is 0.268 e. The fourth-order valence-electron chi connectivity index (χ4n) is 1.91. The maximum atomic E-state index is 12.0. The summed E-state index contributed by atoms with van der Waals surface area (Å²) in [6.07, 6.45) is 6.30. The first kappa shape index (κ1) is 12.4. The molecule has 1 saturated carbocycles. The fraction of sp³-hybridized carbons (Fsp3) is 0.583. The zero-order valence-corrected chi connectivity index (χ0v) is 11.1. The Hall–Kier alpha value is -1.10. The van der Waals surface area contributed by atoms with Gasteiger partial charge < -0.3 is 15.6 Å². The van der Waals surface area contributed by atoms with E-state index < -0.39 is 0 Å². The molecule has 2 rings (SSSR count). The van der Waals surface area contributed by atoms with Crippen LogP contribution in [-0.2, 0) is 6.54 Å². The van der Waals surface area contributed by atoms with Crippen molar-refractivity contribution in [3.05, 3.63) is 18.0 Å². The van der Waals surface area contributed by atoms with Crippen molar-refractivity contribution in [1.82, 2.24) is 9.88 Å². The highest BCUT2D eigenvalue weighted by atomic mass is 32.2. The number of hydrogen-bond acceptors (Lipinski definition) is 3. The number of nitrogens with two attached hydrogens (primary N) is 1. The molecule has 0 spiro atoms. The number of aryl methyl sites for hydroxylation is 1. The summed E-state index contributed by atoms with van der Waals surface area (Å²) in [4.78, 5) is 12.0. The third-order valence-electron chi connectivity index (χ3n) is 3.30. The third kappa shape index (κ3) is 2.60. The van der Waals surface area contributed by atoms with E-state index >= 15 is 0 Å². The number of carbonyl (C=O) groups excluding carboxylic acids is 1. The average molecular weight is 253 g/mol. The van der Waals surface area contributed by atoms with E-state index in [1.54, 1.807) is 12.3 Å². The molecule has 5 heteroatoms. The van der Waals surface area contributed by atoms with Crippen LogP contribution in [-0.4, -0.2) is 28.0 Å². The summed E-state index contributed by atoms with van der Waals surface area (Å²) < 4.78 is 2.17. The summed E-state index contributed by atoms with van der Waals surface area (Å²) in [6.45, 7) is 3.51. The van der Waals surface area contributed by atoms with Gasteiger partial charge in [-0.3, -0.25) is 4.79 Å². The second-order valence-corrected chi connectivity index (χ2v) is 5.79. The van der Waals surface area contributed by atoms with E-state index in [0.717, 1.165) is 13.1 Å². The van der Waals surface area contributed by atoms with Gasteiger partial charge in [0.1, 0.15) is 5.69 Å². The molecule has 1 heterocycles. The van der Waals surface area contributed by atoms with Gasteiger partial charge in [0.15, 0.2) is 0 Å². The maximum absolute atomic E-state index is 12.0. The van der Waals surface area contributed by atoms with Gasteiger partial charge in [-0.15, -0.1) is 0 Å². The molecule has 0 radical (unpaired) electrons. The average Bonchev–Trinajstić information content (AvgIpc) is 3.02. The monoisotopic (exact) mass is 253 g/mol. The van der Waals surface area contributed by atoms with Gasteiger partial charge in [-0.05, 0) is 32.1 Å². The van der Waals surface area contributed by atoms with Gasteiger partial charge >= 0.3 is 0 Å². The highest BCUT2D eigenvalue weighted by molar-refractivity contribution is 8.00. The fourth-order valence-corrected chi connectivity index (χ4v) is 2.64. The SMILES string of the molecule is CCn1cc(N)cc1C(=O)NCC1(SC)CC1. The molecule has 0 bridgehead atoms. The third-order valence-corrected chi connectivity index (χ3v) is 4.72. The lowest BCUT2D eigenvalue weighted by atomic mass is 10.3. The zero-order chi connectivity index (χ0) is 12.5.